The lowest BCUT2D eigenvalue weighted by molar-refractivity contribution is -0.125. The van der Waals surface area contributed by atoms with E-state index < -0.39 is 0 Å². The number of halogens is 1. The first-order valence-corrected chi connectivity index (χ1v) is 8.24. The molecule has 3 rings (SSSR count). The first kappa shape index (κ1) is 15.2. The number of piperidine rings is 1. The minimum atomic E-state index is -0.306. The van der Waals surface area contributed by atoms with Gasteiger partial charge in [0.25, 0.3) is 0 Å². The third-order valence-corrected chi connectivity index (χ3v) is 5.04. The molecule has 1 heterocycles. The molecule has 1 aromatic carbocycles. The number of amides is 1. The van der Waals surface area contributed by atoms with Crippen molar-refractivity contribution in [1.29, 1.82) is 5.26 Å². The highest BCUT2D eigenvalue weighted by molar-refractivity contribution is 9.10. The SMILES string of the molecule is CC(=O)NOc1cc(Br)cc(N2CCC3(CC2)CC3)c1C#N. The Hall–Kier alpha value is -1.74. The van der Waals surface area contributed by atoms with Crippen LogP contribution in [-0.2, 0) is 4.79 Å². The molecule has 0 atom stereocenters. The van der Waals surface area contributed by atoms with Crippen molar-refractivity contribution in [3.8, 4) is 11.8 Å². The quantitative estimate of drug-likeness (QED) is 0.837. The van der Waals surface area contributed by atoms with Gasteiger partial charge >= 0.3 is 0 Å². The van der Waals surface area contributed by atoms with Crippen molar-refractivity contribution in [1.82, 2.24) is 5.48 Å². The minimum Gasteiger partial charge on any atom is -0.378 e. The lowest BCUT2D eigenvalue weighted by Crippen LogP contribution is -2.35. The van der Waals surface area contributed by atoms with Crippen molar-refractivity contribution in [3.63, 3.8) is 0 Å². The molecule has 22 heavy (non-hydrogen) atoms. The molecule has 1 amide bonds. The van der Waals surface area contributed by atoms with Crippen molar-refractivity contribution < 1.29 is 9.63 Å². The molecular weight excluding hydrogens is 346 g/mol. The predicted octanol–water partition coefficient (Wildman–Crippen LogP) is 3.13. The zero-order chi connectivity index (χ0) is 15.7. The van der Waals surface area contributed by atoms with Crippen LogP contribution in [0.25, 0.3) is 0 Å². The van der Waals surface area contributed by atoms with E-state index in [0.29, 0.717) is 16.7 Å². The molecule has 2 aliphatic rings. The van der Waals surface area contributed by atoms with Crippen LogP contribution in [0.4, 0.5) is 5.69 Å². The largest absolute Gasteiger partial charge is 0.378 e. The van der Waals surface area contributed by atoms with Gasteiger partial charge in [-0.25, -0.2) is 0 Å². The number of benzene rings is 1. The molecule has 0 unspecified atom stereocenters. The Bertz CT molecular complexity index is 640. The van der Waals surface area contributed by atoms with Crippen molar-refractivity contribution >= 4 is 27.5 Å². The van der Waals surface area contributed by atoms with Crippen molar-refractivity contribution in [2.75, 3.05) is 18.0 Å². The molecule has 1 aliphatic heterocycles. The number of carbonyl (C=O) groups is 1. The van der Waals surface area contributed by atoms with E-state index in [9.17, 15) is 10.1 Å². The normalized spacial score (nSPS) is 18.7. The highest BCUT2D eigenvalue weighted by Gasteiger charge is 2.44. The zero-order valence-electron chi connectivity index (χ0n) is 12.5. The molecule has 0 aromatic heterocycles. The van der Waals surface area contributed by atoms with E-state index in [-0.39, 0.29) is 5.91 Å². The second-order valence-electron chi connectivity index (χ2n) is 6.16. The number of hydrogen-bond acceptors (Lipinski definition) is 4. The van der Waals surface area contributed by atoms with Crippen molar-refractivity contribution in [2.24, 2.45) is 5.41 Å². The monoisotopic (exact) mass is 363 g/mol. The summed E-state index contributed by atoms with van der Waals surface area (Å²) < 4.78 is 0.827. The van der Waals surface area contributed by atoms with Gasteiger partial charge in [-0.15, -0.1) is 0 Å². The Morgan fingerprint density at radius 3 is 2.59 bits per heavy atom. The van der Waals surface area contributed by atoms with Gasteiger partial charge in [-0.1, -0.05) is 15.9 Å². The molecule has 1 spiro atoms. The van der Waals surface area contributed by atoms with Crippen LogP contribution in [0.5, 0.6) is 5.75 Å². The molecule has 5 nitrogen and oxygen atoms in total. The fourth-order valence-corrected chi connectivity index (χ4v) is 3.46. The highest BCUT2D eigenvalue weighted by Crippen LogP contribution is 2.54. The maximum Gasteiger partial charge on any atom is 0.249 e. The van der Waals surface area contributed by atoms with Crippen molar-refractivity contribution in [3.05, 3.63) is 22.2 Å². The Morgan fingerprint density at radius 1 is 1.36 bits per heavy atom. The molecule has 2 fully saturated rings. The summed E-state index contributed by atoms with van der Waals surface area (Å²) in [4.78, 5) is 18.5. The summed E-state index contributed by atoms with van der Waals surface area (Å²) >= 11 is 3.46. The lowest BCUT2D eigenvalue weighted by Gasteiger charge is -2.34. The Balaban J connectivity index is 1.86. The fourth-order valence-electron chi connectivity index (χ4n) is 3.04. The summed E-state index contributed by atoms with van der Waals surface area (Å²) in [6.07, 6.45) is 5.07. The number of nitriles is 1. The number of nitrogens with zero attached hydrogens (tertiary/aromatic N) is 2. The summed E-state index contributed by atoms with van der Waals surface area (Å²) in [5.41, 5.74) is 4.21. The minimum absolute atomic E-state index is 0.306. The molecule has 0 radical (unpaired) electrons. The third-order valence-electron chi connectivity index (χ3n) is 4.58. The fraction of sp³-hybridized carbons (Fsp3) is 0.500. The summed E-state index contributed by atoms with van der Waals surface area (Å²) in [7, 11) is 0. The number of carbonyl (C=O) groups excluding carboxylic acids is 1. The van der Waals surface area contributed by atoms with E-state index in [4.69, 9.17) is 4.84 Å². The van der Waals surface area contributed by atoms with E-state index in [0.717, 1.165) is 23.2 Å². The smallest absolute Gasteiger partial charge is 0.249 e. The average Bonchev–Trinajstić information content (AvgIpc) is 3.24. The van der Waals surface area contributed by atoms with E-state index in [1.54, 1.807) is 6.07 Å². The summed E-state index contributed by atoms with van der Waals surface area (Å²) in [5.74, 6) is 0.0628. The molecule has 0 bridgehead atoms. The maximum atomic E-state index is 11.0. The first-order chi connectivity index (χ1) is 10.5. The van der Waals surface area contributed by atoms with Gasteiger partial charge in [-0.3, -0.25) is 4.79 Å². The molecule has 1 N–H and O–H groups in total. The molecule has 1 saturated carbocycles. The zero-order valence-corrected chi connectivity index (χ0v) is 14.1. The summed E-state index contributed by atoms with van der Waals surface area (Å²) in [6.45, 7) is 3.29. The number of rotatable bonds is 3. The van der Waals surface area contributed by atoms with Crippen LogP contribution < -0.4 is 15.2 Å². The lowest BCUT2D eigenvalue weighted by atomic mass is 9.93. The number of nitrogens with one attached hydrogen (secondary N) is 1. The highest BCUT2D eigenvalue weighted by atomic mass is 79.9. The van der Waals surface area contributed by atoms with Crippen LogP contribution in [0.2, 0.25) is 0 Å². The number of anilines is 1. The number of hydrogen-bond donors (Lipinski definition) is 1. The Labute approximate surface area is 138 Å². The van der Waals surface area contributed by atoms with Crippen LogP contribution in [0.3, 0.4) is 0 Å². The van der Waals surface area contributed by atoms with Gasteiger partial charge in [0.05, 0.1) is 5.69 Å². The van der Waals surface area contributed by atoms with E-state index in [1.165, 1.54) is 32.6 Å². The molecule has 1 saturated heterocycles. The standard InChI is InChI=1S/C16H18BrN3O2/c1-11(21)19-22-15-9-12(17)8-14(13(15)10-18)20-6-4-16(2-3-16)5-7-20/h8-9H,2-7H2,1H3,(H,19,21). The Kier molecular flexibility index (Phi) is 4.00. The molecule has 1 aliphatic carbocycles. The van der Waals surface area contributed by atoms with Crippen LogP contribution in [-0.4, -0.2) is 19.0 Å². The molecular formula is C16H18BrN3O2. The van der Waals surface area contributed by atoms with Gasteiger partial charge in [0, 0.05) is 24.5 Å². The van der Waals surface area contributed by atoms with Gasteiger partial charge in [-0.2, -0.15) is 10.7 Å². The maximum absolute atomic E-state index is 11.0. The van der Waals surface area contributed by atoms with Gasteiger partial charge in [0.1, 0.15) is 11.6 Å². The van der Waals surface area contributed by atoms with E-state index in [1.807, 2.05) is 6.07 Å². The van der Waals surface area contributed by atoms with Gasteiger partial charge < -0.3 is 9.74 Å². The molecule has 6 heteroatoms. The van der Waals surface area contributed by atoms with Crippen LogP contribution >= 0.6 is 15.9 Å². The average molecular weight is 364 g/mol. The topological polar surface area (TPSA) is 65.4 Å². The second kappa shape index (κ2) is 5.81. The number of hydroxylamine groups is 1. The Morgan fingerprint density at radius 2 is 2.05 bits per heavy atom. The van der Waals surface area contributed by atoms with Gasteiger partial charge in [-0.05, 0) is 43.2 Å². The van der Waals surface area contributed by atoms with Crippen molar-refractivity contribution in [2.45, 2.75) is 32.6 Å². The van der Waals surface area contributed by atoms with Crippen LogP contribution in [0.15, 0.2) is 16.6 Å². The van der Waals surface area contributed by atoms with E-state index >= 15 is 0 Å². The predicted molar refractivity (Wildman–Crippen MR) is 86.4 cm³/mol. The van der Waals surface area contributed by atoms with Gasteiger partial charge in [0.2, 0.25) is 5.91 Å². The summed E-state index contributed by atoms with van der Waals surface area (Å²) in [5, 5.41) is 9.52. The van der Waals surface area contributed by atoms with Crippen LogP contribution in [0.1, 0.15) is 38.2 Å². The molecule has 116 valence electrons. The van der Waals surface area contributed by atoms with Gasteiger partial charge in [0.15, 0.2) is 5.75 Å². The molecule has 1 aromatic rings. The third kappa shape index (κ3) is 3.05. The summed E-state index contributed by atoms with van der Waals surface area (Å²) in [6, 6.07) is 5.86. The second-order valence-corrected chi connectivity index (χ2v) is 7.07. The van der Waals surface area contributed by atoms with E-state index in [2.05, 4.69) is 32.4 Å². The van der Waals surface area contributed by atoms with Crippen LogP contribution in [0, 0.1) is 16.7 Å². The first-order valence-electron chi connectivity index (χ1n) is 7.45.